The zero-order chi connectivity index (χ0) is 14.6. The summed E-state index contributed by atoms with van der Waals surface area (Å²) in [5.74, 6) is 0. The molecule has 114 valence electrons. The Morgan fingerprint density at radius 2 is 2.30 bits per heavy atom. The molecule has 1 saturated carbocycles. The van der Waals surface area contributed by atoms with E-state index < -0.39 is 10.0 Å². The van der Waals surface area contributed by atoms with E-state index in [0.717, 1.165) is 12.8 Å². The monoisotopic (exact) mass is 302 g/mol. The second kappa shape index (κ2) is 6.66. The third-order valence-electron chi connectivity index (χ3n) is 3.12. The number of aromatic nitrogens is 2. The Labute approximate surface area is 119 Å². The summed E-state index contributed by atoms with van der Waals surface area (Å²) in [6.07, 6.45) is 3.70. The van der Waals surface area contributed by atoms with E-state index in [1.807, 2.05) is 13.8 Å². The van der Waals surface area contributed by atoms with Gasteiger partial charge in [0.15, 0.2) is 5.03 Å². The number of rotatable bonds is 9. The van der Waals surface area contributed by atoms with Gasteiger partial charge in [-0.1, -0.05) is 0 Å². The number of hydrogen-bond donors (Lipinski definition) is 3. The summed E-state index contributed by atoms with van der Waals surface area (Å²) in [6.45, 7) is 5.02. The molecule has 1 aliphatic carbocycles. The van der Waals surface area contributed by atoms with Crippen LogP contribution in [0.1, 0.15) is 32.3 Å². The van der Waals surface area contributed by atoms with Crippen molar-refractivity contribution < 1.29 is 13.2 Å². The van der Waals surface area contributed by atoms with Gasteiger partial charge in [-0.25, -0.2) is 13.1 Å². The molecule has 3 N–H and O–H groups in total. The second-order valence-corrected chi connectivity index (χ2v) is 6.70. The normalized spacial score (nSPS) is 17.3. The third kappa shape index (κ3) is 4.27. The van der Waals surface area contributed by atoms with Gasteiger partial charge < -0.3 is 10.1 Å². The fraction of sp³-hybridized carbons (Fsp3) is 0.750. The first-order valence-corrected chi connectivity index (χ1v) is 8.38. The number of ether oxygens (including phenoxy) is 1. The van der Waals surface area contributed by atoms with E-state index in [-0.39, 0.29) is 17.7 Å². The minimum absolute atomic E-state index is 0.134. The van der Waals surface area contributed by atoms with Crippen LogP contribution in [0.25, 0.3) is 0 Å². The van der Waals surface area contributed by atoms with Crippen LogP contribution in [0.15, 0.2) is 11.2 Å². The van der Waals surface area contributed by atoms with Crippen LogP contribution in [0.2, 0.25) is 0 Å². The minimum atomic E-state index is -3.58. The van der Waals surface area contributed by atoms with Gasteiger partial charge in [-0.15, -0.1) is 0 Å². The molecule has 1 aromatic rings. The quantitative estimate of drug-likeness (QED) is 0.612. The van der Waals surface area contributed by atoms with E-state index >= 15 is 0 Å². The van der Waals surface area contributed by atoms with E-state index in [9.17, 15) is 8.42 Å². The van der Waals surface area contributed by atoms with E-state index in [2.05, 4.69) is 20.2 Å². The molecule has 1 atom stereocenters. The third-order valence-corrected chi connectivity index (χ3v) is 4.56. The van der Waals surface area contributed by atoms with Crippen molar-refractivity contribution in [2.45, 2.75) is 50.4 Å². The Bertz CT molecular complexity index is 525. The molecular weight excluding hydrogens is 280 g/mol. The van der Waals surface area contributed by atoms with Gasteiger partial charge in [-0.3, -0.25) is 5.10 Å². The van der Waals surface area contributed by atoms with Crippen molar-refractivity contribution >= 4 is 10.0 Å². The predicted octanol–water partition coefficient (Wildman–Crippen LogP) is 0.365. The number of nitrogens with one attached hydrogen (secondary N) is 3. The zero-order valence-electron chi connectivity index (χ0n) is 11.8. The highest BCUT2D eigenvalue weighted by Crippen LogP contribution is 2.20. The van der Waals surface area contributed by atoms with Crippen molar-refractivity contribution in [3.05, 3.63) is 11.8 Å². The number of H-pyrrole nitrogens is 1. The van der Waals surface area contributed by atoms with E-state index in [4.69, 9.17) is 4.74 Å². The summed E-state index contributed by atoms with van der Waals surface area (Å²) in [6, 6.07) is 0.520. The van der Waals surface area contributed by atoms with Crippen LogP contribution in [0.4, 0.5) is 0 Å². The Morgan fingerprint density at radius 1 is 1.55 bits per heavy atom. The summed E-state index contributed by atoms with van der Waals surface area (Å²) < 4.78 is 32.3. The maximum absolute atomic E-state index is 12.2. The highest BCUT2D eigenvalue weighted by atomic mass is 32.2. The molecule has 0 aromatic carbocycles. The maximum Gasteiger partial charge on any atom is 0.257 e. The second-order valence-electron chi connectivity index (χ2n) is 5.00. The minimum Gasteiger partial charge on any atom is -0.377 e. The van der Waals surface area contributed by atoms with Crippen LogP contribution in [0.3, 0.4) is 0 Å². The van der Waals surface area contributed by atoms with Gasteiger partial charge in [-0.05, 0) is 26.7 Å². The van der Waals surface area contributed by atoms with Crippen LogP contribution < -0.4 is 10.0 Å². The van der Waals surface area contributed by atoms with Gasteiger partial charge in [0.05, 0.1) is 12.3 Å². The van der Waals surface area contributed by atoms with Crippen LogP contribution in [0, 0.1) is 0 Å². The van der Waals surface area contributed by atoms with Crippen molar-refractivity contribution in [2.24, 2.45) is 0 Å². The predicted molar refractivity (Wildman–Crippen MR) is 74.7 cm³/mol. The van der Waals surface area contributed by atoms with Gasteiger partial charge in [0.25, 0.3) is 10.0 Å². The van der Waals surface area contributed by atoms with Gasteiger partial charge in [0.2, 0.25) is 0 Å². The molecule has 7 nitrogen and oxygen atoms in total. The molecule has 1 unspecified atom stereocenters. The number of sulfonamides is 1. The summed E-state index contributed by atoms with van der Waals surface area (Å²) in [4.78, 5) is 0. The molecule has 0 amide bonds. The molecule has 2 rings (SSSR count). The first-order chi connectivity index (χ1) is 9.53. The van der Waals surface area contributed by atoms with Gasteiger partial charge in [-0.2, -0.15) is 5.10 Å². The van der Waals surface area contributed by atoms with Crippen molar-refractivity contribution in [1.29, 1.82) is 0 Å². The van der Waals surface area contributed by atoms with Crippen molar-refractivity contribution in [2.75, 3.05) is 13.2 Å². The summed E-state index contributed by atoms with van der Waals surface area (Å²) in [5.41, 5.74) is 0.661. The van der Waals surface area contributed by atoms with E-state index in [0.29, 0.717) is 24.8 Å². The molecule has 0 bridgehead atoms. The van der Waals surface area contributed by atoms with Crippen LogP contribution in [-0.2, 0) is 21.3 Å². The molecule has 0 radical (unpaired) electrons. The first kappa shape index (κ1) is 15.4. The fourth-order valence-corrected chi connectivity index (χ4v) is 3.08. The van der Waals surface area contributed by atoms with E-state index in [1.165, 1.54) is 0 Å². The Kier molecular flexibility index (Phi) is 5.14. The summed E-state index contributed by atoms with van der Waals surface area (Å²) in [7, 11) is -3.58. The lowest BCUT2D eigenvalue weighted by Gasteiger charge is -2.13. The van der Waals surface area contributed by atoms with Crippen LogP contribution >= 0.6 is 0 Å². The van der Waals surface area contributed by atoms with Gasteiger partial charge in [0.1, 0.15) is 0 Å². The van der Waals surface area contributed by atoms with Crippen molar-refractivity contribution in [3.63, 3.8) is 0 Å². The zero-order valence-corrected chi connectivity index (χ0v) is 12.7. The van der Waals surface area contributed by atoms with Crippen LogP contribution in [0.5, 0.6) is 0 Å². The highest BCUT2D eigenvalue weighted by molar-refractivity contribution is 7.89. The smallest absolute Gasteiger partial charge is 0.257 e. The largest absolute Gasteiger partial charge is 0.377 e. The molecular formula is C12H22N4O3S. The van der Waals surface area contributed by atoms with Crippen molar-refractivity contribution in [1.82, 2.24) is 20.2 Å². The Hall–Kier alpha value is -0.960. The molecule has 0 saturated heterocycles. The lowest BCUT2D eigenvalue weighted by atomic mass is 10.3. The average Bonchev–Trinajstić information content (AvgIpc) is 3.10. The molecule has 1 aliphatic rings. The van der Waals surface area contributed by atoms with Gasteiger partial charge >= 0.3 is 0 Å². The summed E-state index contributed by atoms with van der Waals surface area (Å²) in [5, 5.41) is 9.81. The molecule has 0 aliphatic heterocycles. The Morgan fingerprint density at radius 3 is 2.95 bits per heavy atom. The molecule has 20 heavy (non-hydrogen) atoms. The highest BCUT2D eigenvalue weighted by Gasteiger charge is 2.24. The number of aromatic amines is 1. The fourth-order valence-electron chi connectivity index (χ4n) is 1.84. The standard InChI is InChI=1S/C12H22N4O3S/c1-3-19-9(2)6-15-20(17,18)12-10(8-14-16-12)7-13-11-4-5-11/h8-9,11,13,15H,3-7H2,1-2H3,(H,14,16). The average molecular weight is 302 g/mol. The number of nitrogens with zero attached hydrogens (tertiary/aromatic N) is 1. The molecule has 1 aromatic heterocycles. The number of hydrogen-bond acceptors (Lipinski definition) is 5. The van der Waals surface area contributed by atoms with Crippen molar-refractivity contribution in [3.8, 4) is 0 Å². The Balaban J connectivity index is 1.95. The SMILES string of the molecule is CCOC(C)CNS(=O)(=O)c1[nH]ncc1CNC1CC1. The molecule has 1 heterocycles. The van der Waals surface area contributed by atoms with E-state index in [1.54, 1.807) is 6.20 Å². The summed E-state index contributed by atoms with van der Waals surface area (Å²) >= 11 is 0. The van der Waals surface area contributed by atoms with Gasteiger partial charge in [0, 0.05) is 31.3 Å². The lowest BCUT2D eigenvalue weighted by molar-refractivity contribution is 0.0799. The lowest BCUT2D eigenvalue weighted by Crippen LogP contribution is -2.33. The first-order valence-electron chi connectivity index (χ1n) is 6.89. The molecule has 0 spiro atoms. The van der Waals surface area contributed by atoms with Crippen LogP contribution in [-0.4, -0.2) is 43.9 Å². The molecule has 8 heteroatoms. The maximum atomic E-state index is 12.2. The topological polar surface area (TPSA) is 96.1 Å². The molecule has 1 fully saturated rings.